The Bertz CT molecular complexity index is 583. The normalized spacial score (nSPS) is 14.6. The summed E-state index contributed by atoms with van der Waals surface area (Å²) in [6, 6.07) is 9.62. The van der Waals surface area contributed by atoms with Crippen molar-refractivity contribution in [2.45, 2.75) is 25.2 Å². The molecule has 3 rings (SSSR count). The summed E-state index contributed by atoms with van der Waals surface area (Å²) in [4.78, 5) is 0. The van der Waals surface area contributed by atoms with Crippen LogP contribution < -0.4 is 0 Å². The second-order valence-electron chi connectivity index (χ2n) is 5.25. The van der Waals surface area contributed by atoms with Crippen LogP contribution in [0.25, 0.3) is 0 Å². The highest BCUT2D eigenvalue weighted by atomic mass is 19.1. The van der Waals surface area contributed by atoms with Crippen molar-refractivity contribution in [2.24, 2.45) is 0 Å². The molecule has 2 aromatic carbocycles. The number of aryl methyl sites for hydroxylation is 2. The van der Waals surface area contributed by atoms with Gasteiger partial charge < -0.3 is 5.11 Å². The summed E-state index contributed by atoms with van der Waals surface area (Å²) in [5, 5.41) is 9.32. The number of aliphatic hydroxyl groups is 1. The summed E-state index contributed by atoms with van der Waals surface area (Å²) >= 11 is 0. The third kappa shape index (κ3) is 2.34. The van der Waals surface area contributed by atoms with Crippen LogP contribution >= 0.6 is 0 Å². The van der Waals surface area contributed by atoms with Crippen molar-refractivity contribution in [1.82, 2.24) is 0 Å². The van der Waals surface area contributed by atoms with Gasteiger partial charge in [-0.05, 0) is 65.8 Å². The third-order valence-electron chi connectivity index (χ3n) is 4.04. The minimum Gasteiger partial charge on any atom is -0.396 e. The van der Waals surface area contributed by atoms with Crippen LogP contribution in [0, 0.1) is 11.6 Å². The molecule has 0 heterocycles. The van der Waals surface area contributed by atoms with Gasteiger partial charge in [0.25, 0.3) is 0 Å². The van der Waals surface area contributed by atoms with E-state index in [0.717, 1.165) is 22.3 Å². The second kappa shape index (κ2) is 5.33. The summed E-state index contributed by atoms with van der Waals surface area (Å²) in [5.41, 5.74) is 4.01. The minimum atomic E-state index is -0.247. The van der Waals surface area contributed by atoms with Crippen LogP contribution in [0.5, 0.6) is 0 Å². The molecule has 0 spiro atoms. The Hall–Kier alpha value is -1.74. The fourth-order valence-electron chi connectivity index (χ4n) is 3.14. The molecule has 0 radical (unpaired) electrons. The standard InChI is InChI=1S/C17H16F2O/c18-13-3-5-15-11(9-13)1-2-12-10-14(19)4-6-16(12)17(15)7-8-20/h3-6,9-10,17,20H,1-2,7-8H2. The van der Waals surface area contributed by atoms with Crippen LogP contribution in [-0.2, 0) is 12.8 Å². The van der Waals surface area contributed by atoms with Crippen LogP contribution in [0.4, 0.5) is 8.78 Å². The smallest absolute Gasteiger partial charge is 0.123 e. The van der Waals surface area contributed by atoms with E-state index in [1.807, 2.05) is 0 Å². The van der Waals surface area contributed by atoms with Crippen molar-refractivity contribution in [2.75, 3.05) is 6.61 Å². The van der Waals surface area contributed by atoms with E-state index in [-0.39, 0.29) is 24.2 Å². The molecule has 1 aliphatic carbocycles. The van der Waals surface area contributed by atoms with E-state index in [1.165, 1.54) is 12.1 Å². The zero-order valence-corrected chi connectivity index (χ0v) is 11.1. The van der Waals surface area contributed by atoms with Crippen molar-refractivity contribution in [3.05, 3.63) is 70.3 Å². The number of aliphatic hydroxyl groups excluding tert-OH is 1. The third-order valence-corrected chi connectivity index (χ3v) is 4.04. The summed E-state index contributed by atoms with van der Waals surface area (Å²) in [5.74, 6) is -0.485. The maximum Gasteiger partial charge on any atom is 0.123 e. The van der Waals surface area contributed by atoms with Gasteiger partial charge in [0, 0.05) is 12.5 Å². The first-order chi connectivity index (χ1) is 9.69. The number of halogens is 2. The Morgan fingerprint density at radius 2 is 1.40 bits per heavy atom. The van der Waals surface area contributed by atoms with Gasteiger partial charge in [0.2, 0.25) is 0 Å². The van der Waals surface area contributed by atoms with Gasteiger partial charge in [-0.25, -0.2) is 8.78 Å². The molecule has 0 aromatic heterocycles. The summed E-state index contributed by atoms with van der Waals surface area (Å²) in [6.07, 6.45) is 1.97. The van der Waals surface area contributed by atoms with Gasteiger partial charge in [-0.3, -0.25) is 0 Å². The van der Waals surface area contributed by atoms with Crippen molar-refractivity contribution < 1.29 is 13.9 Å². The SMILES string of the molecule is OCCC1c2ccc(F)cc2CCc2cc(F)ccc21. The first kappa shape index (κ1) is 13.3. The van der Waals surface area contributed by atoms with Gasteiger partial charge in [0.15, 0.2) is 0 Å². The maximum atomic E-state index is 13.4. The Kier molecular flexibility index (Phi) is 3.53. The maximum absolute atomic E-state index is 13.4. The largest absolute Gasteiger partial charge is 0.396 e. The highest BCUT2D eigenvalue weighted by molar-refractivity contribution is 5.45. The van der Waals surface area contributed by atoms with E-state index in [0.29, 0.717) is 19.3 Å². The van der Waals surface area contributed by atoms with Crippen LogP contribution in [-0.4, -0.2) is 11.7 Å². The molecule has 1 N–H and O–H groups in total. The molecule has 0 saturated heterocycles. The molecule has 0 amide bonds. The van der Waals surface area contributed by atoms with E-state index in [2.05, 4.69) is 0 Å². The average molecular weight is 274 g/mol. The molecule has 104 valence electrons. The van der Waals surface area contributed by atoms with Gasteiger partial charge in [-0.15, -0.1) is 0 Å². The number of hydrogen-bond acceptors (Lipinski definition) is 1. The minimum absolute atomic E-state index is 0.00806. The van der Waals surface area contributed by atoms with Crippen LogP contribution in [0.2, 0.25) is 0 Å². The highest BCUT2D eigenvalue weighted by Crippen LogP contribution is 2.36. The lowest BCUT2D eigenvalue weighted by Crippen LogP contribution is -2.06. The molecule has 1 aliphatic rings. The lowest BCUT2D eigenvalue weighted by atomic mass is 9.86. The van der Waals surface area contributed by atoms with Crippen molar-refractivity contribution in [3.8, 4) is 0 Å². The van der Waals surface area contributed by atoms with Crippen LogP contribution in [0.3, 0.4) is 0 Å². The van der Waals surface area contributed by atoms with E-state index in [4.69, 9.17) is 0 Å². The van der Waals surface area contributed by atoms with Crippen molar-refractivity contribution in [1.29, 1.82) is 0 Å². The van der Waals surface area contributed by atoms with Gasteiger partial charge >= 0.3 is 0 Å². The molecular formula is C17H16F2O. The van der Waals surface area contributed by atoms with Gasteiger partial charge in [0.05, 0.1) is 0 Å². The fourth-order valence-corrected chi connectivity index (χ4v) is 3.14. The molecule has 3 heteroatoms. The average Bonchev–Trinajstić information content (AvgIpc) is 2.57. The molecule has 20 heavy (non-hydrogen) atoms. The lowest BCUT2D eigenvalue weighted by Gasteiger charge is -2.19. The topological polar surface area (TPSA) is 20.2 Å². The first-order valence-electron chi connectivity index (χ1n) is 6.86. The number of benzene rings is 2. The molecule has 0 bridgehead atoms. The quantitative estimate of drug-likeness (QED) is 0.887. The Morgan fingerprint density at radius 1 is 0.900 bits per heavy atom. The molecule has 0 atom stereocenters. The predicted molar refractivity (Wildman–Crippen MR) is 73.8 cm³/mol. The molecule has 0 fully saturated rings. The van der Waals surface area contributed by atoms with Crippen LogP contribution in [0.1, 0.15) is 34.6 Å². The molecular weight excluding hydrogens is 258 g/mol. The number of hydrogen-bond donors (Lipinski definition) is 1. The molecule has 0 saturated carbocycles. The summed E-state index contributed by atoms with van der Waals surface area (Å²) in [6.45, 7) is 0.0539. The fraction of sp³-hybridized carbons (Fsp3) is 0.294. The molecule has 0 aliphatic heterocycles. The lowest BCUT2D eigenvalue weighted by molar-refractivity contribution is 0.281. The predicted octanol–water partition coefficient (Wildman–Crippen LogP) is 3.58. The molecule has 0 unspecified atom stereocenters. The Labute approximate surface area is 116 Å². The summed E-state index contributed by atoms with van der Waals surface area (Å²) < 4.78 is 26.8. The second-order valence-corrected chi connectivity index (χ2v) is 5.25. The van der Waals surface area contributed by atoms with Crippen molar-refractivity contribution >= 4 is 0 Å². The van der Waals surface area contributed by atoms with Crippen molar-refractivity contribution in [3.63, 3.8) is 0 Å². The zero-order valence-electron chi connectivity index (χ0n) is 11.1. The van der Waals surface area contributed by atoms with Gasteiger partial charge in [-0.1, -0.05) is 12.1 Å². The number of rotatable bonds is 2. The van der Waals surface area contributed by atoms with E-state index < -0.39 is 0 Å². The Morgan fingerprint density at radius 3 is 1.85 bits per heavy atom. The van der Waals surface area contributed by atoms with E-state index in [1.54, 1.807) is 24.3 Å². The zero-order chi connectivity index (χ0) is 14.1. The van der Waals surface area contributed by atoms with E-state index >= 15 is 0 Å². The summed E-state index contributed by atoms with van der Waals surface area (Å²) in [7, 11) is 0. The first-order valence-corrected chi connectivity index (χ1v) is 6.86. The number of fused-ring (bicyclic) bond motifs is 2. The monoisotopic (exact) mass is 274 g/mol. The Balaban J connectivity index is 2.15. The molecule has 2 aromatic rings. The highest BCUT2D eigenvalue weighted by Gasteiger charge is 2.23. The van der Waals surface area contributed by atoms with Crippen LogP contribution in [0.15, 0.2) is 36.4 Å². The van der Waals surface area contributed by atoms with Gasteiger partial charge in [-0.2, -0.15) is 0 Å². The molecule has 1 nitrogen and oxygen atoms in total. The van der Waals surface area contributed by atoms with E-state index in [9.17, 15) is 13.9 Å². The van der Waals surface area contributed by atoms with Gasteiger partial charge in [0.1, 0.15) is 11.6 Å².